The van der Waals surface area contributed by atoms with Crippen molar-refractivity contribution in [1.82, 2.24) is 0 Å². The Morgan fingerprint density at radius 3 is 2.63 bits per heavy atom. The van der Waals surface area contributed by atoms with E-state index < -0.39 is 17.8 Å². The molecule has 0 spiro atoms. The Morgan fingerprint density at radius 1 is 1.21 bits per heavy atom. The van der Waals surface area contributed by atoms with Crippen LogP contribution in [0.4, 0.5) is 10.5 Å². The van der Waals surface area contributed by atoms with Crippen LogP contribution in [0, 0.1) is 0 Å². The molecule has 0 saturated carbocycles. The highest BCUT2D eigenvalue weighted by Crippen LogP contribution is 2.27. The number of nitrogens with one attached hydrogen (secondary N) is 1. The van der Waals surface area contributed by atoms with Gasteiger partial charge in [-0.3, -0.25) is 5.32 Å². The SMILES string of the molecule is O=C(Nc1cccc(C(=O)O)c1O)Oc1ccco1. The lowest BCUT2D eigenvalue weighted by atomic mass is 10.2. The summed E-state index contributed by atoms with van der Waals surface area (Å²) >= 11 is 0. The Balaban J connectivity index is 2.13. The Bertz CT molecular complexity index is 605. The second kappa shape index (κ2) is 5.13. The Morgan fingerprint density at radius 2 is 2.00 bits per heavy atom. The van der Waals surface area contributed by atoms with E-state index in [9.17, 15) is 14.7 Å². The van der Waals surface area contributed by atoms with Gasteiger partial charge in [-0.25, -0.2) is 9.59 Å². The van der Waals surface area contributed by atoms with Crippen LogP contribution < -0.4 is 10.1 Å². The third kappa shape index (κ3) is 2.83. The zero-order valence-electron chi connectivity index (χ0n) is 9.49. The Labute approximate surface area is 107 Å². The first-order valence-corrected chi connectivity index (χ1v) is 5.15. The molecule has 1 heterocycles. The number of carbonyl (C=O) groups is 2. The molecule has 2 aromatic rings. The molecular formula is C12H9NO6. The van der Waals surface area contributed by atoms with Gasteiger partial charge in [0.1, 0.15) is 5.56 Å². The minimum Gasteiger partial charge on any atom is -0.505 e. The number of rotatable bonds is 3. The van der Waals surface area contributed by atoms with E-state index >= 15 is 0 Å². The number of anilines is 1. The van der Waals surface area contributed by atoms with Gasteiger partial charge in [-0.15, -0.1) is 0 Å². The standard InChI is InChI=1S/C12H9NO6/c14-10-7(11(15)16)3-1-4-8(10)13-12(17)19-9-5-2-6-18-9/h1-6,14H,(H,13,17)(H,15,16). The first-order chi connectivity index (χ1) is 9.08. The van der Waals surface area contributed by atoms with Gasteiger partial charge < -0.3 is 19.4 Å². The smallest absolute Gasteiger partial charge is 0.419 e. The monoisotopic (exact) mass is 263 g/mol. The lowest BCUT2D eigenvalue weighted by molar-refractivity contribution is 0.0693. The van der Waals surface area contributed by atoms with Gasteiger partial charge in [-0.1, -0.05) is 6.07 Å². The average molecular weight is 263 g/mol. The van der Waals surface area contributed by atoms with Gasteiger partial charge in [-0.2, -0.15) is 0 Å². The quantitative estimate of drug-likeness (QED) is 0.733. The maximum absolute atomic E-state index is 11.5. The van der Waals surface area contributed by atoms with Gasteiger partial charge in [0, 0.05) is 6.07 Å². The number of aromatic hydroxyl groups is 1. The van der Waals surface area contributed by atoms with Crippen molar-refractivity contribution >= 4 is 17.7 Å². The van der Waals surface area contributed by atoms with E-state index in [-0.39, 0.29) is 17.2 Å². The fraction of sp³-hybridized carbons (Fsp3) is 0. The normalized spacial score (nSPS) is 9.89. The third-order valence-electron chi connectivity index (χ3n) is 2.19. The maximum Gasteiger partial charge on any atom is 0.419 e. The lowest BCUT2D eigenvalue weighted by Crippen LogP contribution is -2.16. The topological polar surface area (TPSA) is 109 Å². The van der Waals surface area contributed by atoms with E-state index in [0.717, 1.165) is 0 Å². The van der Waals surface area contributed by atoms with Crippen LogP contribution in [-0.4, -0.2) is 22.3 Å². The highest BCUT2D eigenvalue weighted by molar-refractivity contribution is 5.96. The number of benzene rings is 1. The van der Waals surface area contributed by atoms with Crippen LogP contribution in [0.3, 0.4) is 0 Å². The molecule has 0 radical (unpaired) electrons. The lowest BCUT2D eigenvalue weighted by Gasteiger charge is -2.08. The van der Waals surface area contributed by atoms with E-state index in [4.69, 9.17) is 14.3 Å². The van der Waals surface area contributed by atoms with Crippen LogP contribution in [-0.2, 0) is 0 Å². The predicted octanol–water partition coefficient (Wildman–Crippen LogP) is 2.29. The van der Waals surface area contributed by atoms with E-state index in [0.29, 0.717) is 0 Å². The minimum atomic E-state index is -1.31. The molecule has 7 heteroatoms. The molecule has 0 aliphatic rings. The summed E-state index contributed by atoms with van der Waals surface area (Å²) in [5.41, 5.74) is -0.396. The van der Waals surface area contributed by atoms with Crippen LogP contribution >= 0.6 is 0 Å². The highest BCUT2D eigenvalue weighted by Gasteiger charge is 2.15. The van der Waals surface area contributed by atoms with Crippen LogP contribution in [0.2, 0.25) is 0 Å². The van der Waals surface area contributed by atoms with Gasteiger partial charge in [0.2, 0.25) is 0 Å². The van der Waals surface area contributed by atoms with Crippen molar-refractivity contribution in [3.05, 3.63) is 42.2 Å². The van der Waals surface area contributed by atoms with Crippen molar-refractivity contribution in [2.75, 3.05) is 5.32 Å². The molecule has 1 amide bonds. The summed E-state index contributed by atoms with van der Waals surface area (Å²) in [6.07, 6.45) is 0.415. The van der Waals surface area contributed by atoms with Crippen molar-refractivity contribution < 1.29 is 29.0 Å². The summed E-state index contributed by atoms with van der Waals surface area (Å²) in [6.45, 7) is 0. The van der Waals surface area contributed by atoms with Gasteiger partial charge in [-0.05, 0) is 18.2 Å². The largest absolute Gasteiger partial charge is 0.505 e. The van der Waals surface area contributed by atoms with Gasteiger partial charge in [0.15, 0.2) is 5.75 Å². The first kappa shape index (κ1) is 12.5. The molecule has 0 aliphatic heterocycles. The molecule has 19 heavy (non-hydrogen) atoms. The number of carboxylic acid groups (broad SMARTS) is 1. The molecule has 3 N–H and O–H groups in total. The van der Waals surface area contributed by atoms with Crippen molar-refractivity contribution in [3.8, 4) is 11.7 Å². The average Bonchev–Trinajstić information content (AvgIpc) is 2.84. The molecule has 2 rings (SSSR count). The summed E-state index contributed by atoms with van der Waals surface area (Å²) in [5.74, 6) is -1.88. The van der Waals surface area contributed by atoms with Crippen molar-refractivity contribution in [2.45, 2.75) is 0 Å². The highest BCUT2D eigenvalue weighted by atomic mass is 16.6. The molecule has 0 unspecified atom stereocenters. The van der Waals surface area contributed by atoms with E-state index in [1.807, 2.05) is 0 Å². The van der Waals surface area contributed by atoms with Crippen LogP contribution in [0.15, 0.2) is 41.0 Å². The zero-order valence-corrected chi connectivity index (χ0v) is 9.49. The molecular weight excluding hydrogens is 254 g/mol. The number of phenols is 1. The number of para-hydroxylation sites is 1. The fourth-order valence-corrected chi connectivity index (χ4v) is 1.37. The molecule has 1 aromatic heterocycles. The second-order valence-electron chi connectivity index (χ2n) is 3.45. The number of carbonyl (C=O) groups excluding carboxylic acids is 1. The third-order valence-corrected chi connectivity index (χ3v) is 2.19. The predicted molar refractivity (Wildman–Crippen MR) is 63.4 cm³/mol. The van der Waals surface area contributed by atoms with Crippen molar-refractivity contribution in [3.63, 3.8) is 0 Å². The molecule has 98 valence electrons. The second-order valence-corrected chi connectivity index (χ2v) is 3.45. The summed E-state index contributed by atoms with van der Waals surface area (Å²) < 4.78 is 9.53. The van der Waals surface area contributed by atoms with Crippen LogP contribution in [0.25, 0.3) is 0 Å². The van der Waals surface area contributed by atoms with Gasteiger partial charge in [0.05, 0.1) is 12.0 Å². The minimum absolute atomic E-state index is 0.0219. The Hall–Kier alpha value is -2.96. The van der Waals surface area contributed by atoms with E-state index in [1.165, 1.54) is 36.6 Å². The van der Waals surface area contributed by atoms with Crippen LogP contribution in [0.1, 0.15) is 10.4 Å². The summed E-state index contributed by atoms with van der Waals surface area (Å²) in [4.78, 5) is 22.3. The van der Waals surface area contributed by atoms with Gasteiger partial charge >= 0.3 is 12.1 Å². The number of furan rings is 1. The van der Waals surface area contributed by atoms with Crippen molar-refractivity contribution in [2.24, 2.45) is 0 Å². The maximum atomic E-state index is 11.5. The number of amides is 1. The summed E-state index contributed by atoms with van der Waals surface area (Å²) in [7, 11) is 0. The van der Waals surface area contributed by atoms with Crippen LogP contribution in [0.5, 0.6) is 11.7 Å². The Kier molecular flexibility index (Phi) is 3.37. The molecule has 0 aliphatic carbocycles. The van der Waals surface area contributed by atoms with Crippen molar-refractivity contribution in [1.29, 1.82) is 0 Å². The molecule has 7 nitrogen and oxygen atoms in total. The van der Waals surface area contributed by atoms with E-state index in [1.54, 1.807) is 0 Å². The van der Waals surface area contributed by atoms with Gasteiger partial charge in [0.25, 0.3) is 5.95 Å². The molecule has 0 saturated heterocycles. The zero-order chi connectivity index (χ0) is 13.8. The first-order valence-electron chi connectivity index (χ1n) is 5.15. The fourth-order valence-electron chi connectivity index (χ4n) is 1.37. The molecule has 1 aromatic carbocycles. The number of aromatic carboxylic acids is 1. The molecule has 0 atom stereocenters. The number of ether oxygens (including phenoxy) is 1. The number of carboxylic acids is 1. The van der Waals surface area contributed by atoms with E-state index in [2.05, 4.69) is 5.32 Å². The number of hydrogen-bond acceptors (Lipinski definition) is 5. The number of hydrogen-bond donors (Lipinski definition) is 3. The molecule has 0 bridgehead atoms. The summed E-state index contributed by atoms with van der Waals surface area (Å²) in [5, 5.41) is 20.7. The summed E-state index contributed by atoms with van der Waals surface area (Å²) in [6, 6.07) is 6.88. The molecule has 0 fully saturated rings.